The molecule has 3 atom stereocenters. The van der Waals surface area contributed by atoms with Crippen LogP contribution in [0.1, 0.15) is 52.6 Å². The zero-order chi connectivity index (χ0) is 24.3. The van der Waals surface area contributed by atoms with E-state index in [4.69, 9.17) is 10.5 Å². The summed E-state index contributed by atoms with van der Waals surface area (Å²) in [5.41, 5.74) is 10.1. The smallest absolute Gasteiger partial charge is 0.271 e. The number of nitrogens with one attached hydrogen (secondary N) is 1. The van der Waals surface area contributed by atoms with Gasteiger partial charge in [0.05, 0.1) is 30.6 Å². The van der Waals surface area contributed by atoms with Crippen molar-refractivity contribution in [3.05, 3.63) is 47.4 Å². The van der Waals surface area contributed by atoms with Crippen LogP contribution in [0.25, 0.3) is 16.9 Å². The first-order valence-electron chi connectivity index (χ1n) is 12.0. The maximum atomic E-state index is 12.9. The standard InChI is InChI=1S/C25H28N6O4/c1-13(14-2-3-14)30-10-16-8-15(4-5-17(16)25(30)34)20-9-27-23-22(26)28-19(11-31(20)23)24(33)29-18-6-7-35-12-21(18)32/h4-5,8-9,11,13-14,18,21,32H,2-3,6-7,10,12H2,1H3,(H2,26,28)(H,29,33)/t13-,18?,21?/m0/s1. The summed E-state index contributed by atoms with van der Waals surface area (Å²) in [7, 11) is 0. The zero-order valence-electron chi connectivity index (χ0n) is 19.5. The Bertz CT molecular complexity index is 1330. The fourth-order valence-corrected chi connectivity index (χ4v) is 5.13. The largest absolute Gasteiger partial charge is 0.389 e. The van der Waals surface area contributed by atoms with Crippen LogP contribution in [0.3, 0.4) is 0 Å². The molecule has 1 saturated heterocycles. The van der Waals surface area contributed by atoms with Crippen molar-refractivity contribution in [2.45, 2.75) is 50.9 Å². The first-order chi connectivity index (χ1) is 16.9. The summed E-state index contributed by atoms with van der Waals surface area (Å²) in [6, 6.07) is 5.63. The van der Waals surface area contributed by atoms with Gasteiger partial charge in [-0.2, -0.15) is 0 Å². The number of fused-ring (bicyclic) bond motifs is 2. The average molecular weight is 477 g/mol. The maximum absolute atomic E-state index is 12.9. The molecule has 182 valence electrons. The minimum atomic E-state index is -0.770. The van der Waals surface area contributed by atoms with E-state index < -0.39 is 18.1 Å². The molecule has 2 fully saturated rings. The van der Waals surface area contributed by atoms with E-state index in [1.165, 1.54) is 12.8 Å². The predicted molar refractivity (Wildman–Crippen MR) is 128 cm³/mol. The summed E-state index contributed by atoms with van der Waals surface area (Å²) in [4.78, 5) is 36.5. The number of aliphatic hydroxyl groups is 1. The Kier molecular flexibility index (Phi) is 5.23. The fourth-order valence-electron chi connectivity index (χ4n) is 5.13. The highest BCUT2D eigenvalue weighted by Gasteiger charge is 2.38. The molecular formula is C25H28N6O4. The Morgan fingerprint density at radius 3 is 2.91 bits per heavy atom. The van der Waals surface area contributed by atoms with Gasteiger partial charge in [-0.25, -0.2) is 9.97 Å². The molecular weight excluding hydrogens is 448 g/mol. The third-order valence-electron chi connectivity index (χ3n) is 7.42. The molecule has 4 N–H and O–H groups in total. The third-order valence-corrected chi connectivity index (χ3v) is 7.42. The molecule has 2 unspecified atom stereocenters. The number of nitrogens with zero attached hydrogens (tertiary/aromatic N) is 4. The van der Waals surface area contributed by atoms with Crippen LogP contribution in [0, 0.1) is 5.92 Å². The van der Waals surface area contributed by atoms with Crippen LogP contribution in [0.15, 0.2) is 30.6 Å². The molecule has 4 heterocycles. The average Bonchev–Trinajstić information content (AvgIpc) is 3.53. The second-order valence-corrected chi connectivity index (χ2v) is 9.74. The highest BCUT2D eigenvalue weighted by atomic mass is 16.5. The molecule has 3 aliphatic rings. The monoisotopic (exact) mass is 476 g/mol. The van der Waals surface area contributed by atoms with Crippen LogP contribution in [-0.2, 0) is 11.3 Å². The molecule has 0 spiro atoms. The van der Waals surface area contributed by atoms with Gasteiger partial charge in [0, 0.05) is 36.5 Å². The summed E-state index contributed by atoms with van der Waals surface area (Å²) < 4.78 is 6.98. The number of hydrogen-bond acceptors (Lipinski definition) is 7. The Morgan fingerprint density at radius 1 is 1.31 bits per heavy atom. The van der Waals surface area contributed by atoms with Crippen molar-refractivity contribution in [2.24, 2.45) is 5.92 Å². The number of hydrogen-bond donors (Lipinski definition) is 3. The number of aliphatic hydroxyl groups excluding tert-OH is 1. The van der Waals surface area contributed by atoms with Crippen molar-refractivity contribution in [3.8, 4) is 11.3 Å². The molecule has 10 nitrogen and oxygen atoms in total. The van der Waals surface area contributed by atoms with Gasteiger partial charge in [0.15, 0.2) is 11.5 Å². The maximum Gasteiger partial charge on any atom is 0.271 e. The number of ether oxygens (including phenoxy) is 1. The molecule has 6 rings (SSSR count). The van der Waals surface area contributed by atoms with Gasteiger partial charge in [-0.1, -0.05) is 6.07 Å². The van der Waals surface area contributed by atoms with Crippen LogP contribution in [0.2, 0.25) is 0 Å². The molecule has 1 aromatic carbocycles. The number of nitrogen functional groups attached to an aromatic ring is 1. The first kappa shape index (κ1) is 22.0. The highest BCUT2D eigenvalue weighted by Crippen LogP contribution is 2.39. The van der Waals surface area contributed by atoms with Crippen molar-refractivity contribution >= 4 is 23.3 Å². The minimum absolute atomic E-state index is 0.0896. The highest BCUT2D eigenvalue weighted by molar-refractivity contribution is 5.99. The van der Waals surface area contributed by atoms with E-state index in [0.717, 1.165) is 22.4 Å². The Balaban J connectivity index is 1.31. The number of aromatic nitrogens is 3. The van der Waals surface area contributed by atoms with Gasteiger partial charge < -0.3 is 25.8 Å². The molecule has 35 heavy (non-hydrogen) atoms. The van der Waals surface area contributed by atoms with E-state index in [2.05, 4.69) is 22.2 Å². The summed E-state index contributed by atoms with van der Waals surface area (Å²) in [6.07, 6.45) is 5.43. The van der Waals surface area contributed by atoms with Crippen LogP contribution >= 0.6 is 0 Å². The summed E-state index contributed by atoms with van der Waals surface area (Å²) in [5.74, 6) is 0.409. The second kappa shape index (κ2) is 8.31. The fraction of sp³-hybridized carbons (Fsp3) is 0.440. The molecule has 2 aliphatic heterocycles. The molecule has 3 aromatic rings. The first-order valence-corrected chi connectivity index (χ1v) is 12.0. The number of nitrogens with two attached hydrogens (primary N) is 1. The molecule has 2 aromatic heterocycles. The Labute approximate surface area is 202 Å². The number of benzene rings is 1. The van der Waals surface area contributed by atoms with Gasteiger partial charge in [-0.15, -0.1) is 0 Å². The summed E-state index contributed by atoms with van der Waals surface area (Å²) in [6.45, 7) is 3.39. The van der Waals surface area contributed by atoms with Crippen molar-refractivity contribution in [3.63, 3.8) is 0 Å². The lowest BCUT2D eigenvalue weighted by atomic mass is 10.0. The SMILES string of the molecule is C[C@@H](C1CC1)N1Cc2cc(-c3cnc4c(N)nc(C(=O)NC5CCOCC5O)cn34)ccc2C1=O. The van der Waals surface area contributed by atoms with Crippen LogP contribution < -0.4 is 11.1 Å². The number of amides is 2. The summed E-state index contributed by atoms with van der Waals surface area (Å²) >= 11 is 0. The van der Waals surface area contributed by atoms with E-state index in [0.29, 0.717) is 31.1 Å². The van der Waals surface area contributed by atoms with E-state index in [-0.39, 0.29) is 30.1 Å². The van der Waals surface area contributed by atoms with Gasteiger partial charge in [0.2, 0.25) is 0 Å². The van der Waals surface area contributed by atoms with Crippen molar-refractivity contribution < 1.29 is 19.4 Å². The van der Waals surface area contributed by atoms with Gasteiger partial charge in [-0.05, 0) is 49.8 Å². The van der Waals surface area contributed by atoms with E-state index in [1.807, 2.05) is 23.1 Å². The normalized spacial score (nSPS) is 22.9. The third kappa shape index (κ3) is 3.82. The molecule has 2 amide bonds. The zero-order valence-corrected chi connectivity index (χ0v) is 19.5. The quantitative estimate of drug-likeness (QED) is 0.509. The van der Waals surface area contributed by atoms with Gasteiger partial charge in [0.25, 0.3) is 11.8 Å². The molecule has 1 saturated carbocycles. The number of imidazole rings is 1. The van der Waals surface area contributed by atoms with Crippen LogP contribution in [0.5, 0.6) is 0 Å². The lowest BCUT2D eigenvalue weighted by molar-refractivity contribution is -0.0261. The van der Waals surface area contributed by atoms with E-state index in [9.17, 15) is 14.7 Å². The Hall–Kier alpha value is -3.50. The van der Waals surface area contributed by atoms with Gasteiger partial charge in [0.1, 0.15) is 5.69 Å². The Morgan fingerprint density at radius 2 is 2.14 bits per heavy atom. The number of anilines is 1. The van der Waals surface area contributed by atoms with Crippen LogP contribution in [-0.4, -0.2) is 67.6 Å². The van der Waals surface area contributed by atoms with Gasteiger partial charge >= 0.3 is 0 Å². The summed E-state index contributed by atoms with van der Waals surface area (Å²) in [5, 5.41) is 12.9. The minimum Gasteiger partial charge on any atom is -0.389 e. The van der Waals surface area contributed by atoms with E-state index in [1.54, 1.807) is 16.8 Å². The second-order valence-electron chi connectivity index (χ2n) is 9.74. The molecule has 1 aliphatic carbocycles. The number of rotatable bonds is 5. The molecule has 0 bridgehead atoms. The topological polar surface area (TPSA) is 135 Å². The van der Waals surface area contributed by atoms with Crippen molar-refractivity contribution in [2.75, 3.05) is 18.9 Å². The molecule has 0 radical (unpaired) electrons. The predicted octanol–water partition coefficient (Wildman–Crippen LogP) is 1.61. The van der Waals surface area contributed by atoms with E-state index >= 15 is 0 Å². The lowest BCUT2D eigenvalue weighted by Crippen LogP contribution is -2.48. The number of carbonyl (C=O) groups is 2. The molecule has 10 heteroatoms. The van der Waals surface area contributed by atoms with Crippen molar-refractivity contribution in [1.29, 1.82) is 0 Å². The van der Waals surface area contributed by atoms with Gasteiger partial charge in [-0.3, -0.25) is 14.0 Å². The number of carbonyl (C=O) groups excluding carboxylic acids is 2. The van der Waals surface area contributed by atoms with Crippen molar-refractivity contribution in [1.82, 2.24) is 24.6 Å². The van der Waals surface area contributed by atoms with Crippen LogP contribution in [0.4, 0.5) is 5.82 Å². The lowest BCUT2D eigenvalue weighted by Gasteiger charge is -2.28.